The van der Waals surface area contributed by atoms with E-state index in [0.29, 0.717) is 30.9 Å². The van der Waals surface area contributed by atoms with Crippen LogP contribution in [0.3, 0.4) is 0 Å². The highest BCUT2D eigenvalue weighted by Crippen LogP contribution is 2.19. The van der Waals surface area contributed by atoms with Crippen LogP contribution in [0.5, 0.6) is 0 Å². The molecule has 2 amide bonds. The zero-order valence-corrected chi connectivity index (χ0v) is 13.6. The van der Waals surface area contributed by atoms with E-state index in [1.165, 1.54) is 0 Å². The van der Waals surface area contributed by atoms with E-state index in [4.69, 9.17) is 16.2 Å². The number of amides is 2. The second kappa shape index (κ2) is 10.3. The van der Waals surface area contributed by atoms with E-state index >= 15 is 0 Å². The van der Waals surface area contributed by atoms with E-state index < -0.39 is 5.91 Å². The van der Waals surface area contributed by atoms with Crippen LogP contribution in [-0.2, 0) is 4.74 Å². The average molecular weight is 322 g/mol. The Morgan fingerprint density at radius 1 is 1.17 bits per heavy atom. The molecule has 7 nitrogen and oxygen atoms in total. The number of hydrogen-bond acceptors (Lipinski definition) is 5. The van der Waals surface area contributed by atoms with Crippen molar-refractivity contribution in [1.29, 1.82) is 0 Å². The number of carbonyl (C=O) groups excluding carboxylic acids is 2. The van der Waals surface area contributed by atoms with Gasteiger partial charge in [0.1, 0.15) is 0 Å². The van der Waals surface area contributed by atoms with Crippen LogP contribution in [0.15, 0.2) is 18.2 Å². The number of anilines is 2. The smallest absolute Gasteiger partial charge is 0.407 e. The highest BCUT2D eigenvalue weighted by molar-refractivity contribution is 5.94. The van der Waals surface area contributed by atoms with Crippen molar-refractivity contribution < 1.29 is 14.3 Å². The first-order valence-electron chi connectivity index (χ1n) is 7.88. The topological polar surface area (TPSA) is 119 Å². The minimum atomic E-state index is -0.500. The van der Waals surface area contributed by atoms with E-state index in [1.807, 2.05) is 6.92 Å². The van der Waals surface area contributed by atoms with Gasteiger partial charge in [0.2, 0.25) is 5.91 Å². The molecule has 0 aliphatic carbocycles. The molecule has 0 atom stereocenters. The number of rotatable bonds is 10. The lowest BCUT2D eigenvalue weighted by Gasteiger charge is -2.10. The number of alkyl carbamates (subject to hydrolysis) is 1. The van der Waals surface area contributed by atoms with Crippen LogP contribution in [0.2, 0.25) is 0 Å². The fourth-order valence-electron chi connectivity index (χ4n) is 1.90. The number of nitrogens with two attached hydrogens (primary N) is 2. The number of benzene rings is 1. The summed E-state index contributed by atoms with van der Waals surface area (Å²) >= 11 is 0. The van der Waals surface area contributed by atoms with Crippen molar-refractivity contribution >= 4 is 23.4 Å². The molecule has 0 heterocycles. The van der Waals surface area contributed by atoms with Crippen LogP contribution < -0.4 is 22.1 Å². The zero-order chi connectivity index (χ0) is 17.1. The van der Waals surface area contributed by atoms with E-state index in [-0.39, 0.29) is 6.09 Å². The lowest BCUT2D eigenvalue weighted by Crippen LogP contribution is -2.26. The SMILES string of the molecule is CCCCOC(=O)NCCCCNc1ccc(C(N)=O)cc1N. The van der Waals surface area contributed by atoms with Crippen LogP contribution >= 0.6 is 0 Å². The van der Waals surface area contributed by atoms with Crippen molar-refractivity contribution in [3.63, 3.8) is 0 Å². The Hall–Kier alpha value is -2.44. The Balaban J connectivity index is 2.16. The lowest BCUT2D eigenvalue weighted by atomic mass is 10.1. The molecule has 0 aliphatic rings. The van der Waals surface area contributed by atoms with Crippen molar-refractivity contribution in [3.8, 4) is 0 Å². The first-order valence-corrected chi connectivity index (χ1v) is 7.88. The monoisotopic (exact) mass is 322 g/mol. The third kappa shape index (κ3) is 7.39. The third-order valence-electron chi connectivity index (χ3n) is 3.26. The number of nitrogen functional groups attached to an aromatic ring is 1. The van der Waals surface area contributed by atoms with Crippen molar-refractivity contribution in [1.82, 2.24) is 5.32 Å². The maximum Gasteiger partial charge on any atom is 0.407 e. The summed E-state index contributed by atoms with van der Waals surface area (Å²) in [5.41, 5.74) is 12.7. The Labute approximate surface area is 136 Å². The Kier molecular flexibility index (Phi) is 8.34. The highest BCUT2D eigenvalue weighted by atomic mass is 16.5. The quantitative estimate of drug-likeness (QED) is 0.388. The van der Waals surface area contributed by atoms with E-state index in [0.717, 1.165) is 31.4 Å². The van der Waals surface area contributed by atoms with Gasteiger partial charge in [-0.25, -0.2) is 4.79 Å². The molecule has 1 rings (SSSR count). The van der Waals surface area contributed by atoms with Crippen LogP contribution in [0.25, 0.3) is 0 Å². The maximum absolute atomic E-state index is 11.3. The Morgan fingerprint density at radius 3 is 2.57 bits per heavy atom. The number of nitrogens with one attached hydrogen (secondary N) is 2. The van der Waals surface area contributed by atoms with Gasteiger partial charge >= 0.3 is 6.09 Å². The van der Waals surface area contributed by atoms with Crippen LogP contribution in [-0.4, -0.2) is 31.7 Å². The molecular weight excluding hydrogens is 296 g/mol. The number of hydrogen-bond donors (Lipinski definition) is 4. The van der Waals surface area contributed by atoms with Crippen molar-refractivity contribution in [2.45, 2.75) is 32.6 Å². The summed E-state index contributed by atoms with van der Waals surface area (Å²) in [6, 6.07) is 4.92. The van der Waals surface area contributed by atoms with Gasteiger partial charge in [0.25, 0.3) is 0 Å². The van der Waals surface area contributed by atoms with Gasteiger partial charge in [-0.1, -0.05) is 13.3 Å². The molecule has 0 aliphatic heterocycles. The van der Waals surface area contributed by atoms with Gasteiger partial charge in [-0.05, 0) is 37.5 Å². The predicted molar refractivity (Wildman–Crippen MR) is 91.4 cm³/mol. The second-order valence-corrected chi connectivity index (χ2v) is 5.22. The number of primary amides is 1. The maximum atomic E-state index is 11.3. The standard InChI is InChI=1S/C16H26N4O3/c1-2-3-10-23-16(22)20-9-5-4-8-19-14-7-6-12(15(18)21)11-13(14)17/h6-7,11,19H,2-5,8-10,17H2,1H3,(H2,18,21)(H,20,22). The Bertz CT molecular complexity index is 520. The minimum Gasteiger partial charge on any atom is -0.450 e. The van der Waals surface area contributed by atoms with Crippen molar-refractivity contribution in [2.24, 2.45) is 5.73 Å². The molecule has 1 aromatic rings. The molecule has 0 aromatic heterocycles. The van der Waals surface area contributed by atoms with Crippen LogP contribution in [0.4, 0.5) is 16.2 Å². The highest BCUT2D eigenvalue weighted by Gasteiger charge is 2.04. The molecule has 1 aromatic carbocycles. The molecule has 0 spiro atoms. The van der Waals surface area contributed by atoms with E-state index in [2.05, 4.69) is 10.6 Å². The molecule has 7 heteroatoms. The largest absolute Gasteiger partial charge is 0.450 e. The van der Waals surface area contributed by atoms with Crippen LogP contribution in [0.1, 0.15) is 43.0 Å². The van der Waals surface area contributed by atoms with Crippen LogP contribution in [0, 0.1) is 0 Å². The molecule has 0 saturated heterocycles. The molecule has 128 valence electrons. The summed E-state index contributed by atoms with van der Waals surface area (Å²) in [6.07, 6.45) is 3.22. The second-order valence-electron chi connectivity index (χ2n) is 5.22. The summed E-state index contributed by atoms with van der Waals surface area (Å²) in [4.78, 5) is 22.3. The first-order chi connectivity index (χ1) is 11.0. The molecule has 6 N–H and O–H groups in total. The average Bonchev–Trinajstić information content (AvgIpc) is 2.52. The summed E-state index contributed by atoms with van der Waals surface area (Å²) in [5, 5.41) is 5.89. The minimum absolute atomic E-state index is 0.363. The van der Waals surface area contributed by atoms with Gasteiger partial charge in [-0.15, -0.1) is 0 Å². The van der Waals surface area contributed by atoms with Crippen molar-refractivity contribution in [3.05, 3.63) is 23.8 Å². The molecule has 23 heavy (non-hydrogen) atoms. The molecule has 0 fully saturated rings. The normalized spacial score (nSPS) is 10.1. The lowest BCUT2D eigenvalue weighted by molar-refractivity contribution is 0.1000. The molecule has 0 saturated carbocycles. The summed E-state index contributed by atoms with van der Waals surface area (Å²) in [5.74, 6) is -0.500. The fraction of sp³-hybridized carbons (Fsp3) is 0.500. The van der Waals surface area contributed by atoms with E-state index in [1.54, 1.807) is 18.2 Å². The summed E-state index contributed by atoms with van der Waals surface area (Å²) in [7, 11) is 0. The molecule has 0 radical (unpaired) electrons. The fourth-order valence-corrected chi connectivity index (χ4v) is 1.90. The van der Waals surface area contributed by atoms with Crippen molar-refractivity contribution in [2.75, 3.05) is 30.7 Å². The molecule has 0 bridgehead atoms. The van der Waals surface area contributed by atoms with Gasteiger partial charge < -0.3 is 26.8 Å². The summed E-state index contributed by atoms with van der Waals surface area (Å²) in [6.45, 7) is 3.79. The Morgan fingerprint density at radius 2 is 1.91 bits per heavy atom. The number of carbonyl (C=O) groups is 2. The molecular formula is C16H26N4O3. The third-order valence-corrected chi connectivity index (χ3v) is 3.26. The zero-order valence-electron chi connectivity index (χ0n) is 13.6. The van der Waals surface area contributed by atoms with Gasteiger partial charge in [-0.3, -0.25) is 4.79 Å². The van der Waals surface area contributed by atoms with Gasteiger partial charge in [-0.2, -0.15) is 0 Å². The van der Waals surface area contributed by atoms with E-state index in [9.17, 15) is 9.59 Å². The number of ether oxygens (including phenoxy) is 1. The summed E-state index contributed by atoms with van der Waals surface area (Å²) < 4.78 is 4.98. The first kappa shape index (κ1) is 18.6. The number of unbranched alkanes of at least 4 members (excludes halogenated alkanes) is 2. The molecule has 0 unspecified atom stereocenters. The van der Waals surface area contributed by atoms with Gasteiger partial charge in [0.05, 0.1) is 18.0 Å². The van der Waals surface area contributed by atoms with Gasteiger partial charge in [0, 0.05) is 18.7 Å². The predicted octanol–water partition coefficient (Wildman–Crippen LogP) is 2.09. The van der Waals surface area contributed by atoms with Gasteiger partial charge in [0.15, 0.2) is 0 Å².